The van der Waals surface area contributed by atoms with Crippen molar-refractivity contribution in [3.63, 3.8) is 0 Å². The molecule has 118 valence electrons. The van der Waals surface area contributed by atoms with E-state index in [0.717, 1.165) is 18.2 Å². The fourth-order valence-electron chi connectivity index (χ4n) is 1.47. The van der Waals surface area contributed by atoms with E-state index in [9.17, 15) is 35.5 Å². The second-order valence-corrected chi connectivity index (χ2v) is 4.02. The summed E-state index contributed by atoms with van der Waals surface area (Å²) in [5.74, 6) is -7.83. The van der Waals surface area contributed by atoms with Gasteiger partial charge in [-0.3, -0.25) is 4.79 Å². The first-order valence-electron chi connectivity index (χ1n) is 5.39. The topological polar surface area (TPSA) is 55.1 Å². The fourth-order valence-corrected chi connectivity index (χ4v) is 1.47. The normalized spacial score (nSPS) is 12.6. The van der Waals surface area contributed by atoms with Crippen molar-refractivity contribution in [2.24, 2.45) is 11.7 Å². The molecule has 0 aromatic heterocycles. The molecule has 1 rings (SSSR count). The molecule has 0 saturated carbocycles. The van der Waals surface area contributed by atoms with Gasteiger partial charge in [-0.15, -0.1) is 0 Å². The number of amides is 1. The zero-order valence-electron chi connectivity index (χ0n) is 10.1. The molecule has 0 atom stereocenters. The molecule has 1 aromatic rings. The number of nitrogens with two attached hydrogens (primary N) is 1. The van der Waals surface area contributed by atoms with Crippen LogP contribution in [0, 0.1) is 11.7 Å². The smallest absolute Gasteiger partial charge is 0.326 e. The van der Waals surface area contributed by atoms with Crippen molar-refractivity contribution in [3.05, 3.63) is 29.6 Å². The van der Waals surface area contributed by atoms with Gasteiger partial charge in [-0.2, -0.15) is 26.3 Å². The lowest BCUT2D eigenvalue weighted by atomic mass is 10.1. The molecular weight excluding hydrogens is 309 g/mol. The summed E-state index contributed by atoms with van der Waals surface area (Å²) in [5.41, 5.74) is 4.64. The van der Waals surface area contributed by atoms with Gasteiger partial charge in [-0.05, 0) is 17.7 Å². The van der Waals surface area contributed by atoms with Crippen LogP contribution in [0.3, 0.4) is 0 Å². The highest BCUT2D eigenvalue weighted by Crippen LogP contribution is 2.40. The zero-order valence-corrected chi connectivity index (χ0v) is 10.1. The van der Waals surface area contributed by atoms with E-state index in [1.165, 1.54) is 5.32 Å². The molecule has 0 radical (unpaired) electrons. The molecule has 3 N–H and O–H groups in total. The Morgan fingerprint density at radius 2 is 1.67 bits per heavy atom. The number of nitrogens with one attached hydrogen (secondary N) is 1. The lowest BCUT2D eigenvalue weighted by molar-refractivity contribution is -0.272. The second kappa shape index (κ2) is 5.88. The molecule has 1 amide bonds. The van der Waals surface area contributed by atoms with Crippen LogP contribution in [-0.2, 0) is 11.3 Å². The van der Waals surface area contributed by atoms with E-state index in [0.29, 0.717) is 0 Å². The van der Waals surface area contributed by atoms with Crippen molar-refractivity contribution >= 4 is 11.6 Å². The maximum absolute atomic E-state index is 13.4. The zero-order chi connectivity index (χ0) is 16.4. The van der Waals surface area contributed by atoms with Gasteiger partial charge < -0.3 is 11.1 Å². The van der Waals surface area contributed by atoms with Crippen LogP contribution in [0.25, 0.3) is 0 Å². The van der Waals surface area contributed by atoms with Gasteiger partial charge >= 0.3 is 12.4 Å². The van der Waals surface area contributed by atoms with Crippen molar-refractivity contribution in [3.8, 4) is 0 Å². The molecule has 0 unspecified atom stereocenters. The summed E-state index contributed by atoms with van der Waals surface area (Å²) in [6.07, 6.45) is -11.7. The minimum Gasteiger partial charge on any atom is -0.326 e. The number of halogens is 7. The second-order valence-electron chi connectivity index (χ2n) is 4.02. The monoisotopic (exact) mass is 318 g/mol. The molecule has 0 heterocycles. The average Bonchev–Trinajstić information content (AvgIpc) is 2.27. The molecule has 0 fully saturated rings. The fraction of sp³-hybridized carbons (Fsp3) is 0.364. The lowest BCUT2D eigenvalue weighted by Gasteiger charge is -2.22. The van der Waals surface area contributed by atoms with Crippen LogP contribution in [0.2, 0.25) is 0 Å². The van der Waals surface area contributed by atoms with Gasteiger partial charge in [-0.25, -0.2) is 4.39 Å². The lowest BCUT2D eigenvalue weighted by Crippen LogP contribution is -2.45. The number of benzene rings is 1. The molecule has 1 aromatic carbocycles. The third kappa shape index (κ3) is 4.31. The number of hydrogen-bond acceptors (Lipinski definition) is 2. The Kier molecular flexibility index (Phi) is 4.82. The third-order valence-electron chi connectivity index (χ3n) is 2.44. The highest BCUT2D eigenvalue weighted by Gasteiger charge is 2.61. The van der Waals surface area contributed by atoms with Gasteiger partial charge in [0.2, 0.25) is 11.8 Å². The van der Waals surface area contributed by atoms with Gasteiger partial charge in [0.15, 0.2) is 0 Å². The van der Waals surface area contributed by atoms with Gasteiger partial charge in [0.1, 0.15) is 5.82 Å². The van der Waals surface area contributed by atoms with Gasteiger partial charge in [0, 0.05) is 6.54 Å². The van der Waals surface area contributed by atoms with E-state index >= 15 is 0 Å². The van der Waals surface area contributed by atoms with Crippen LogP contribution in [-0.4, -0.2) is 18.3 Å². The summed E-state index contributed by atoms with van der Waals surface area (Å²) in [7, 11) is 0. The number of hydrogen-bond donors (Lipinski definition) is 2. The molecule has 0 saturated heterocycles. The van der Waals surface area contributed by atoms with Crippen LogP contribution < -0.4 is 11.1 Å². The number of alkyl halides is 6. The van der Waals surface area contributed by atoms with Crippen molar-refractivity contribution in [1.29, 1.82) is 0 Å². The average molecular weight is 318 g/mol. The highest BCUT2D eigenvalue weighted by molar-refractivity contribution is 5.93. The minimum atomic E-state index is -5.84. The first-order chi connectivity index (χ1) is 9.46. The van der Waals surface area contributed by atoms with E-state index in [4.69, 9.17) is 5.73 Å². The van der Waals surface area contributed by atoms with E-state index < -0.39 is 35.7 Å². The summed E-state index contributed by atoms with van der Waals surface area (Å²) < 4.78 is 87.2. The van der Waals surface area contributed by atoms with Crippen LogP contribution in [0.1, 0.15) is 5.56 Å². The molecule has 0 aliphatic heterocycles. The van der Waals surface area contributed by atoms with Crippen molar-refractivity contribution < 1.29 is 35.5 Å². The summed E-state index contributed by atoms with van der Waals surface area (Å²) in [4.78, 5) is 11.2. The van der Waals surface area contributed by atoms with Gasteiger partial charge in [-0.1, -0.05) is 6.07 Å². The van der Waals surface area contributed by atoms with Crippen LogP contribution in [0.4, 0.5) is 36.4 Å². The van der Waals surface area contributed by atoms with Crippen LogP contribution in [0.15, 0.2) is 18.2 Å². The Bertz CT molecular complexity index is 510. The number of anilines is 1. The third-order valence-corrected chi connectivity index (χ3v) is 2.44. The molecule has 10 heteroatoms. The van der Waals surface area contributed by atoms with E-state index in [2.05, 4.69) is 0 Å². The highest BCUT2D eigenvalue weighted by atomic mass is 19.4. The van der Waals surface area contributed by atoms with Gasteiger partial charge in [0.25, 0.3) is 0 Å². The number of carbonyl (C=O) groups excluding carboxylic acids is 1. The van der Waals surface area contributed by atoms with Gasteiger partial charge in [0.05, 0.1) is 5.69 Å². The van der Waals surface area contributed by atoms with E-state index in [1.54, 1.807) is 0 Å². The van der Waals surface area contributed by atoms with Crippen molar-refractivity contribution in [2.45, 2.75) is 18.9 Å². The molecule has 3 nitrogen and oxygen atoms in total. The first-order valence-corrected chi connectivity index (χ1v) is 5.39. The Morgan fingerprint density at radius 1 is 1.14 bits per heavy atom. The summed E-state index contributed by atoms with van der Waals surface area (Å²) in [5, 5.41) is 1.28. The molecule has 0 aliphatic rings. The summed E-state index contributed by atoms with van der Waals surface area (Å²) in [6, 6.07) is 2.79. The molecule has 0 bridgehead atoms. The predicted octanol–water partition coefficient (Wildman–Crippen LogP) is 2.96. The number of rotatable bonds is 3. The van der Waals surface area contributed by atoms with Crippen LogP contribution >= 0.6 is 0 Å². The maximum atomic E-state index is 13.4. The van der Waals surface area contributed by atoms with E-state index in [1.807, 2.05) is 0 Å². The number of carbonyl (C=O) groups is 1. The predicted molar refractivity (Wildman–Crippen MR) is 58.5 cm³/mol. The van der Waals surface area contributed by atoms with Crippen molar-refractivity contribution in [1.82, 2.24) is 0 Å². The Morgan fingerprint density at radius 3 is 2.05 bits per heavy atom. The minimum absolute atomic E-state index is 0.0845. The largest absolute Gasteiger partial charge is 0.409 e. The summed E-state index contributed by atoms with van der Waals surface area (Å²) >= 11 is 0. The quantitative estimate of drug-likeness (QED) is 0.842. The van der Waals surface area contributed by atoms with Crippen molar-refractivity contribution in [2.75, 3.05) is 5.32 Å². The van der Waals surface area contributed by atoms with Crippen LogP contribution in [0.5, 0.6) is 0 Å². The maximum Gasteiger partial charge on any atom is 0.409 e. The first kappa shape index (κ1) is 17.2. The Labute approximate surface area is 113 Å². The van der Waals surface area contributed by atoms with E-state index in [-0.39, 0.29) is 12.1 Å². The Balaban J connectivity index is 3.03. The SMILES string of the molecule is NCc1ccc(NC(=O)C(C(F)(F)F)C(F)(F)F)c(F)c1. The molecule has 0 aliphatic carbocycles. The summed E-state index contributed by atoms with van der Waals surface area (Å²) in [6.45, 7) is -0.0845. The Hall–Kier alpha value is -1.84. The molecule has 21 heavy (non-hydrogen) atoms. The molecular formula is C11H9F7N2O. The molecule has 0 spiro atoms. The standard InChI is InChI=1S/C11H9F7N2O/c12-6-3-5(4-19)1-2-7(6)20-9(21)8(10(13,14)15)11(16,17)18/h1-3,8H,4,19H2,(H,20,21).